The van der Waals surface area contributed by atoms with Gasteiger partial charge in [0.25, 0.3) is 0 Å². The van der Waals surface area contributed by atoms with Gasteiger partial charge in [-0.2, -0.15) is 0 Å². The monoisotopic (exact) mass is 755 g/mol. The number of ether oxygens (including phenoxy) is 4. The standard InChI is InChI=1S/C44H82O9/c1-3-5-7-9-11-13-15-17-18-19-20-21-22-24-26-28-30-32-34-50-36-38(37-51-44-43(49)42(48)41(47)39(35-45)53-44)52-40(46)33-31-29-27-25-23-16-14-12-10-8-6-4-2/h11,13,17-18,38-39,41-45,47-49H,3-10,12,14-16,19-37H2,1-2H3/b13-11-,18-17-. The van der Waals surface area contributed by atoms with Crippen LogP contribution in [0, 0.1) is 0 Å². The normalized spacial score (nSPS) is 21.2. The van der Waals surface area contributed by atoms with Crippen LogP contribution in [0.3, 0.4) is 0 Å². The van der Waals surface area contributed by atoms with E-state index in [1.807, 2.05) is 0 Å². The molecule has 9 heteroatoms. The highest BCUT2D eigenvalue weighted by molar-refractivity contribution is 5.69. The summed E-state index contributed by atoms with van der Waals surface area (Å²) in [6, 6.07) is 0. The van der Waals surface area contributed by atoms with Crippen molar-refractivity contribution in [2.45, 2.75) is 224 Å². The van der Waals surface area contributed by atoms with Crippen molar-refractivity contribution in [1.82, 2.24) is 0 Å². The van der Waals surface area contributed by atoms with Gasteiger partial charge in [0.2, 0.25) is 0 Å². The minimum absolute atomic E-state index is 0.112. The number of hydrogen-bond donors (Lipinski definition) is 4. The van der Waals surface area contributed by atoms with Crippen molar-refractivity contribution < 1.29 is 44.2 Å². The molecule has 0 amide bonds. The summed E-state index contributed by atoms with van der Waals surface area (Å²) in [5.74, 6) is -0.315. The van der Waals surface area contributed by atoms with E-state index in [1.165, 1.54) is 128 Å². The smallest absolute Gasteiger partial charge is 0.306 e. The zero-order valence-electron chi connectivity index (χ0n) is 34.0. The first kappa shape index (κ1) is 49.7. The maximum atomic E-state index is 12.7. The molecule has 1 rings (SSSR count). The van der Waals surface area contributed by atoms with Crippen molar-refractivity contribution in [3.8, 4) is 0 Å². The number of esters is 1. The maximum Gasteiger partial charge on any atom is 0.306 e. The van der Waals surface area contributed by atoms with Crippen LogP contribution in [0.15, 0.2) is 24.3 Å². The summed E-state index contributed by atoms with van der Waals surface area (Å²) in [5, 5.41) is 40.0. The third-order valence-electron chi connectivity index (χ3n) is 10.1. The van der Waals surface area contributed by atoms with E-state index >= 15 is 0 Å². The minimum atomic E-state index is -1.53. The fourth-order valence-corrected chi connectivity index (χ4v) is 6.64. The zero-order valence-corrected chi connectivity index (χ0v) is 34.0. The molecular formula is C44H82O9. The molecule has 1 aliphatic heterocycles. The van der Waals surface area contributed by atoms with E-state index in [9.17, 15) is 25.2 Å². The van der Waals surface area contributed by atoms with Gasteiger partial charge in [-0.15, -0.1) is 0 Å². The topological polar surface area (TPSA) is 135 Å². The van der Waals surface area contributed by atoms with Gasteiger partial charge in [0.1, 0.15) is 30.5 Å². The van der Waals surface area contributed by atoms with Crippen LogP contribution in [-0.2, 0) is 23.7 Å². The molecule has 6 atom stereocenters. The summed E-state index contributed by atoms with van der Waals surface area (Å²) in [7, 11) is 0. The number of unbranched alkanes of at least 4 members (excludes halogenated alkanes) is 22. The number of aliphatic hydroxyl groups excluding tert-OH is 4. The summed E-state index contributed by atoms with van der Waals surface area (Å²) in [5.41, 5.74) is 0. The quantitative estimate of drug-likeness (QED) is 0.0278. The second kappa shape index (κ2) is 36.3. The molecule has 0 radical (unpaired) electrons. The van der Waals surface area contributed by atoms with Gasteiger partial charge in [0, 0.05) is 13.0 Å². The molecule has 1 aliphatic rings. The predicted octanol–water partition coefficient (Wildman–Crippen LogP) is 9.42. The highest BCUT2D eigenvalue weighted by Crippen LogP contribution is 2.22. The van der Waals surface area contributed by atoms with Gasteiger partial charge in [0.15, 0.2) is 6.29 Å². The fraction of sp³-hybridized carbons (Fsp3) is 0.886. The summed E-state index contributed by atoms with van der Waals surface area (Å²) in [4.78, 5) is 12.7. The lowest BCUT2D eigenvalue weighted by molar-refractivity contribution is -0.305. The van der Waals surface area contributed by atoms with Crippen LogP contribution < -0.4 is 0 Å². The van der Waals surface area contributed by atoms with Crippen LogP contribution in [0.5, 0.6) is 0 Å². The second-order valence-electron chi connectivity index (χ2n) is 15.1. The number of hydrogen-bond acceptors (Lipinski definition) is 9. The molecule has 1 fully saturated rings. The Bertz CT molecular complexity index is 864. The molecular weight excluding hydrogens is 672 g/mol. The van der Waals surface area contributed by atoms with Crippen LogP contribution in [0.25, 0.3) is 0 Å². The van der Waals surface area contributed by atoms with Gasteiger partial charge in [-0.1, -0.05) is 160 Å². The largest absolute Gasteiger partial charge is 0.457 e. The fourth-order valence-electron chi connectivity index (χ4n) is 6.64. The molecule has 0 aromatic rings. The van der Waals surface area contributed by atoms with Gasteiger partial charge >= 0.3 is 5.97 Å². The summed E-state index contributed by atoms with van der Waals surface area (Å²) >= 11 is 0. The van der Waals surface area contributed by atoms with E-state index in [4.69, 9.17) is 18.9 Å². The number of allylic oxidation sites excluding steroid dienone is 4. The second-order valence-corrected chi connectivity index (χ2v) is 15.1. The molecule has 0 saturated carbocycles. The Morgan fingerprint density at radius 2 is 1.09 bits per heavy atom. The van der Waals surface area contributed by atoms with Crippen LogP contribution in [0.4, 0.5) is 0 Å². The Labute approximate surface area is 324 Å². The van der Waals surface area contributed by atoms with Crippen molar-refractivity contribution in [2.75, 3.05) is 26.4 Å². The average molecular weight is 755 g/mol. The zero-order chi connectivity index (χ0) is 38.6. The van der Waals surface area contributed by atoms with Gasteiger partial charge in [-0.05, 0) is 44.9 Å². The van der Waals surface area contributed by atoms with Crippen molar-refractivity contribution in [3.05, 3.63) is 24.3 Å². The van der Waals surface area contributed by atoms with E-state index in [-0.39, 0.29) is 19.2 Å². The molecule has 0 bridgehead atoms. The first-order valence-corrected chi connectivity index (χ1v) is 21.9. The number of carbonyl (C=O) groups excluding carboxylic acids is 1. The first-order valence-electron chi connectivity index (χ1n) is 21.9. The van der Waals surface area contributed by atoms with Crippen LogP contribution in [0.1, 0.15) is 187 Å². The lowest BCUT2D eigenvalue weighted by Crippen LogP contribution is -2.59. The molecule has 1 heterocycles. The molecule has 0 aromatic heterocycles. The number of rotatable bonds is 37. The predicted molar refractivity (Wildman–Crippen MR) is 215 cm³/mol. The molecule has 6 unspecified atom stereocenters. The molecule has 0 spiro atoms. The Kier molecular flexibility index (Phi) is 34.0. The Hall–Kier alpha value is -1.33. The SMILES string of the molecule is CCCCC/C=C\C/C=C\CCCCCCCCCCOCC(COC1OC(CO)C(O)C(O)C1O)OC(=O)CCCCCCCCCCCCCC. The molecule has 9 nitrogen and oxygen atoms in total. The Morgan fingerprint density at radius 3 is 1.66 bits per heavy atom. The van der Waals surface area contributed by atoms with Gasteiger partial charge < -0.3 is 39.4 Å². The number of carbonyl (C=O) groups is 1. The molecule has 0 aromatic carbocycles. The molecule has 0 aliphatic carbocycles. The molecule has 53 heavy (non-hydrogen) atoms. The van der Waals surface area contributed by atoms with Crippen LogP contribution in [0.2, 0.25) is 0 Å². The Balaban J connectivity index is 2.26. The Morgan fingerprint density at radius 1 is 0.604 bits per heavy atom. The van der Waals surface area contributed by atoms with E-state index in [0.717, 1.165) is 38.5 Å². The molecule has 4 N–H and O–H groups in total. The minimum Gasteiger partial charge on any atom is -0.457 e. The first-order chi connectivity index (χ1) is 25.9. The lowest BCUT2D eigenvalue weighted by Gasteiger charge is -2.39. The number of aliphatic hydroxyl groups is 4. The lowest BCUT2D eigenvalue weighted by atomic mass is 9.99. The van der Waals surface area contributed by atoms with Gasteiger partial charge in [0.05, 0.1) is 19.8 Å². The van der Waals surface area contributed by atoms with Gasteiger partial charge in [-0.3, -0.25) is 4.79 Å². The molecule has 312 valence electrons. The third-order valence-corrected chi connectivity index (χ3v) is 10.1. The van der Waals surface area contributed by atoms with Crippen molar-refractivity contribution >= 4 is 5.97 Å². The van der Waals surface area contributed by atoms with Crippen molar-refractivity contribution in [2.24, 2.45) is 0 Å². The highest BCUT2D eigenvalue weighted by Gasteiger charge is 2.44. The van der Waals surface area contributed by atoms with Gasteiger partial charge in [-0.25, -0.2) is 0 Å². The summed E-state index contributed by atoms with van der Waals surface area (Å²) < 4.78 is 22.8. The van der Waals surface area contributed by atoms with E-state index < -0.39 is 43.4 Å². The summed E-state index contributed by atoms with van der Waals surface area (Å²) in [6.07, 6.45) is 33.4. The van der Waals surface area contributed by atoms with E-state index in [2.05, 4.69) is 38.2 Å². The third kappa shape index (κ3) is 27.8. The maximum absolute atomic E-state index is 12.7. The van der Waals surface area contributed by atoms with Crippen LogP contribution >= 0.6 is 0 Å². The van der Waals surface area contributed by atoms with Crippen molar-refractivity contribution in [1.29, 1.82) is 0 Å². The van der Waals surface area contributed by atoms with Crippen LogP contribution in [-0.4, -0.2) is 89.6 Å². The highest BCUT2D eigenvalue weighted by atomic mass is 16.7. The van der Waals surface area contributed by atoms with E-state index in [1.54, 1.807) is 0 Å². The average Bonchev–Trinajstić information content (AvgIpc) is 3.16. The van der Waals surface area contributed by atoms with E-state index in [0.29, 0.717) is 13.0 Å². The summed E-state index contributed by atoms with van der Waals surface area (Å²) in [6.45, 7) is 4.53. The molecule has 1 saturated heterocycles. The van der Waals surface area contributed by atoms with Crippen molar-refractivity contribution in [3.63, 3.8) is 0 Å².